The van der Waals surface area contributed by atoms with Crippen molar-refractivity contribution in [3.8, 4) is 21.6 Å². The second kappa shape index (κ2) is 7.00. The maximum atomic E-state index is 6.06. The zero-order valence-electron chi connectivity index (χ0n) is 19.7. The minimum atomic E-state index is 0.931. The van der Waals surface area contributed by atoms with E-state index in [-0.39, 0.29) is 0 Å². The highest BCUT2D eigenvalue weighted by Gasteiger charge is 2.20. The van der Waals surface area contributed by atoms with Crippen LogP contribution in [0.15, 0.2) is 120 Å². The lowest BCUT2D eigenvalue weighted by molar-refractivity contribution is 0.669. The highest BCUT2D eigenvalue weighted by Crippen LogP contribution is 2.45. The van der Waals surface area contributed by atoms with Crippen LogP contribution in [0.1, 0.15) is 0 Å². The van der Waals surface area contributed by atoms with Gasteiger partial charge in [-0.15, -0.1) is 11.3 Å². The van der Waals surface area contributed by atoms with E-state index in [2.05, 4.69) is 108 Å². The van der Waals surface area contributed by atoms with Crippen molar-refractivity contribution in [1.82, 2.24) is 4.40 Å². The van der Waals surface area contributed by atoms with Crippen molar-refractivity contribution in [2.45, 2.75) is 0 Å². The summed E-state index contributed by atoms with van der Waals surface area (Å²) in [7, 11) is 0. The first-order chi connectivity index (χ1) is 18.3. The Morgan fingerprint density at radius 3 is 2.14 bits per heavy atom. The number of thiophene rings is 1. The zero-order chi connectivity index (χ0) is 24.1. The van der Waals surface area contributed by atoms with Gasteiger partial charge in [-0.1, -0.05) is 78.9 Å². The summed E-state index contributed by atoms with van der Waals surface area (Å²) in [6, 6.07) is 41.5. The number of para-hydroxylation sites is 2. The van der Waals surface area contributed by atoms with Crippen LogP contribution in [0, 0.1) is 0 Å². The summed E-state index contributed by atoms with van der Waals surface area (Å²) >= 11 is 1.89. The summed E-state index contributed by atoms with van der Waals surface area (Å²) in [5.41, 5.74) is 9.45. The Morgan fingerprint density at radius 2 is 1.22 bits per heavy atom. The Labute approximate surface area is 215 Å². The van der Waals surface area contributed by atoms with Crippen molar-refractivity contribution in [2.75, 3.05) is 0 Å². The normalized spacial score (nSPS) is 12.3. The fraction of sp³-hybridized carbons (Fsp3) is 0. The highest BCUT2D eigenvalue weighted by atomic mass is 32.1. The molecule has 5 aromatic carbocycles. The molecule has 0 radical (unpaired) electrons. The van der Waals surface area contributed by atoms with E-state index in [4.69, 9.17) is 4.42 Å². The van der Waals surface area contributed by atoms with Gasteiger partial charge in [-0.25, -0.2) is 0 Å². The van der Waals surface area contributed by atoms with E-state index in [9.17, 15) is 0 Å². The van der Waals surface area contributed by atoms with Gasteiger partial charge in [0.1, 0.15) is 11.2 Å². The van der Waals surface area contributed by atoms with Crippen LogP contribution in [0.4, 0.5) is 0 Å². The van der Waals surface area contributed by atoms with Crippen LogP contribution in [0.25, 0.3) is 80.9 Å². The molecule has 0 saturated heterocycles. The van der Waals surface area contributed by atoms with Crippen LogP contribution in [0.5, 0.6) is 0 Å². The average Bonchev–Trinajstić information content (AvgIpc) is 3.70. The molecule has 4 aromatic heterocycles. The van der Waals surface area contributed by atoms with Gasteiger partial charge in [-0.3, -0.25) is 0 Å². The number of fused-ring (bicyclic) bond motifs is 9. The summed E-state index contributed by atoms with van der Waals surface area (Å²) in [5.74, 6) is 0. The molecule has 2 nitrogen and oxygen atoms in total. The Hall–Kier alpha value is -4.60. The fourth-order valence-corrected chi connectivity index (χ4v) is 7.25. The first-order valence-corrected chi connectivity index (χ1v) is 13.3. The van der Waals surface area contributed by atoms with E-state index in [0.717, 1.165) is 21.9 Å². The summed E-state index contributed by atoms with van der Waals surface area (Å²) in [5, 5.41) is 6.27. The van der Waals surface area contributed by atoms with Crippen molar-refractivity contribution in [3.05, 3.63) is 115 Å². The quantitative estimate of drug-likeness (QED) is 0.236. The van der Waals surface area contributed by atoms with E-state index in [0.29, 0.717) is 0 Å². The van der Waals surface area contributed by atoms with Gasteiger partial charge < -0.3 is 8.82 Å². The van der Waals surface area contributed by atoms with E-state index < -0.39 is 0 Å². The molecule has 172 valence electrons. The number of benzene rings is 5. The summed E-state index contributed by atoms with van der Waals surface area (Å²) in [4.78, 5) is 1.31. The van der Waals surface area contributed by atoms with Gasteiger partial charge in [0.05, 0.1) is 21.3 Å². The van der Waals surface area contributed by atoms with Crippen molar-refractivity contribution < 1.29 is 4.42 Å². The number of furan rings is 1. The van der Waals surface area contributed by atoms with E-state index in [1.165, 1.54) is 59.0 Å². The van der Waals surface area contributed by atoms with E-state index in [1.807, 2.05) is 23.5 Å². The molecule has 0 spiro atoms. The topological polar surface area (TPSA) is 17.6 Å². The van der Waals surface area contributed by atoms with Crippen molar-refractivity contribution in [2.24, 2.45) is 0 Å². The largest absolute Gasteiger partial charge is 0.456 e. The molecule has 0 aliphatic carbocycles. The van der Waals surface area contributed by atoms with Gasteiger partial charge in [-0.05, 0) is 53.1 Å². The number of aromatic nitrogens is 1. The van der Waals surface area contributed by atoms with E-state index in [1.54, 1.807) is 0 Å². The van der Waals surface area contributed by atoms with Crippen LogP contribution in [-0.2, 0) is 0 Å². The number of hydrogen-bond acceptors (Lipinski definition) is 2. The van der Waals surface area contributed by atoms with Gasteiger partial charge in [-0.2, -0.15) is 0 Å². The van der Waals surface area contributed by atoms with Crippen LogP contribution in [-0.4, -0.2) is 4.40 Å². The number of nitrogens with zero attached hydrogens (tertiary/aromatic N) is 1. The molecule has 0 amide bonds. The molecule has 0 fully saturated rings. The summed E-state index contributed by atoms with van der Waals surface area (Å²) in [6.45, 7) is 0. The average molecular weight is 490 g/mol. The van der Waals surface area contributed by atoms with E-state index >= 15 is 0 Å². The molecular weight excluding hydrogens is 470 g/mol. The molecule has 0 atom stereocenters. The molecule has 0 unspecified atom stereocenters. The molecule has 37 heavy (non-hydrogen) atoms. The highest BCUT2D eigenvalue weighted by molar-refractivity contribution is 7.23. The number of hydrogen-bond donors (Lipinski definition) is 0. The third kappa shape index (κ3) is 2.59. The zero-order valence-corrected chi connectivity index (χ0v) is 20.5. The molecule has 9 rings (SSSR count). The molecular formula is C34H19NOS. The van der Waals surface area contributed by atoms with Gasteiger partial charge in [0, 0.05) is 31.8 Å². The molecule has 0 aliphatic rings. The van der Waals surface area contributed by atoms with Gasteiger partial charge >= 0.3 is 0 Å². The molecule has 0 aliphatic heterocycles. The third-order valence-electron chi connectivity index (χ3n) is 7.75. The lowest BCUT2D eigenvalue weighted by Crippen LogP contribution is -1.81. The SMILES string of the molecule is c1ccc(-c2cc3c(s2)c2cccc4c5cc(-c6ccc7oc8ccccc8c7c6)ccc5n3c42)cc1. The third-order valence-corrected chi connectivity index (χ3v) is 8.96. The number of rotatable bonds is 2. The Balaban J connectivity index is 1.30. The van der Waals surface area contributed by atoms with Crippen LogP contribution in [0.2, 0.25) is 0 Å². The first-order valence-electron chi connectivity index (χ1n) is 12.5. The second-order valence-electron chi connectivity index (χ2n) is 9.77. The maximum absolute atomic E-state index is 6.06. The van der Waals surface area contributed by atoms with Crippen molar-refractivity contribution in [1.29, 1.82) is 0 Å². The first kappa shape index (κ1) is 19.6. The van der Waals surface area contributed by atoms with Gasteiger partial charge in [0.25, 0.3) is 0 Å². The summed E-state index contributed by atoms with van der Waals surface area (Å²) < 4.78 is 9.89. The van der Waals surface area contributed by atoms with Crippen LogP contribution in [0.3, 0.4) is 0 Å². The Morgan fingerprint density at radius 1 is 0.486 bits per heavy atom. The molecule has 0 bridgehead atoms. The van der Waals surface area contributed by atoms with Gasteiger partial charge in [0.2, 0.25) is 0 Å². The minimum Gasteiger partial charge on any atom is -0.456 e. The summed E-state index contributed by atoms with van der Waals surface area (Å²) in [6.07, 6.45) is 0. The smallest absolute Gasteiger partial charge is 0.135 e. The minimum absolute atomic E-state index is 0.931. The molecule has 9 aromatic rings. The second-order valence-corrected chi connectivity index (χ2v) is 10.8. The lowest BCUT2D eigenvalue weighted by atomic mass is 10.0. The monoisotopic (exact) mass is 489 g/mol. The molecule has 4 heterocycles. The van der Waals surface area contributed by atoms with Crippen LogP contribution >= 0.6 is 11.3 Å². The lowest BCUT2D eigenvalue weighted by Gasteiger charge is -2.04. The Kier molecular flexibility index (Phi) is 3.70. The predicted molar refractivity (Wildman–Crippen MR) is 157 cm³/mol. The fourth-order valence-electron chi connectivity index (χ4n) is 6.07. The van der Waals surface area contributed by atoms with Crippen LogP contribution < -0.4 is 0 Å². The molecule has 0 N–H and O–H groups in total. The Bertz CT molecular complexity index is 2300. The molecule has 0 saturated carbocycles. The maximum Gasteiger partial charge on any atom is 0.135 e. The van der Waals surface area contributed by atoms with Gasteiger partial charge in [0.15, 0.2) is 0 Å². The molecule has 3 heteroatoms. The standard InChI is InChI=1S/C34H19NOS/c1-2-7-20(8-3-1)32-19-29-34(37-32)25-11-6-10-24-26-17-21(13-15-28(26)35(29)33(24)25)22-14-16-31-27(18-22)23-9-4-5-12-30(23)36-31/h1-19H. The predicted octanol–water partition coefficient (Wildman–Crippen LogP) is 10.1. The van der Waals surface area contributed by atoms with Crippen molar-refractivity contribution >= 4 is 70.7 Å². The van der Waals surface area contributed by atoms with Crippen molar-refractivity contribution in [3.63, 3.8) is 0 Å².